The first kappa shape index (κ1) is 22.0. The molecule has 0 aliphatic heterocycles. The van der Waals surface area contributed by atoms with Gasteiger partial charge in [-0.2, -0.15) is 0 Å². The van der Waals surface area contributed by atoms with Gasteiger partial charge in [-0.1, -0.05) is 37.5 Å². The Morgan fingerprint density at radius 3 is 2.53 bits per heavy atom. The van der Waals surface area contributed by atoms with E-state index in [0.717, 1.165) is 24.5 Å². The number of rotatable bonds is 8. The fourth-order valence-corrected chi connectivity index (χ4v) is 5.16. The Labute approximate surface area is 177 Å². The summed E-state index contributed by atoms with van der Waals surface area (Å²) in [5, 5.41) is 11.1. The van der Waals surface area contributed by atoms with Gasteiger partial charge in [0.25, 0.3) is 15.7 Å². The smallest absolute Gasteiger partial charge is 0.271 e. The lowest BCUT2D eigenvalue weighted by molar-refractivity contribution is -0.385. The molecule has 2 aromatic carbocycles. The van der Waals surface area contributed by atoms with Gasteiger partial charge in [0.05, 0.1) is 17.7 Å². The van der Waals surface area contributed by atoms with E-state index in [-0.39, 0.29) is 16.3 Å². The van der Waals surface area contributed by atoms with Gasteiger partial charge in [-0.15, -0.1) is 0 Å². The van der Waals surface area contributed by atoms with Crippen LogP contribution in [0.25, 0.3) is 0 Å². The molecule has 9 heteroatoms. The highest BCUT2D eigenvalue weighted by atomic mass is 32.2. The maximum Gasteiger partial charge on any atom is 0.271 e. The van der Waals surface area contributed by atoms with Crippen LogP contribution in [-0.4, -0.2) is 38.4 Å². The maximum absolute atomic E-state index is 13.1. The van der Waals surface area contributed by atoms with Crippen LogP contribution in [0.2, 0.25) is 0 Å². The topological polar surface area (TPSA) is 102 Å². The quantitative estimate of drug-likeness (QED) is 0.495. The van der Waals surface area contributed by atoms with Crippen molar-refractivity contribution in [2.24, 2.45) is 0 Å². The highest BCUT2D eigenvalue weighted by Crippen LogP contribution is 2.31. The second-order valence-corrected chi connectivity index (χ2v) is 9.21. The predicted molar refractivity (Wildman–Crippen MR) is 115 cm³/mol. The summed E-state index contributed by atoms with van der Waals surface area (Å²) < 4.78 is 33.9. The molecule has 1 aliphatic carbocycles. The normalized spacial score (nSPS) is 15.2. The number of sulfonamides is 1. The van der Waals surface area contributed by atoms with E-state index >= 15 is 0 Å². The number of methoxy groups -OCH3 is 1. The number of nitro benzene ring substituents is 1. The molecule has 0 aromatic heterocycles. The number of nitro groups is 1. The van der Waals surface area contributed by atoms with E-state index in [9.17, 15) is 18.5 Å². The molecule has 3 rings (SSSR count). The van der Waals surface area contributed by atoms with Crippen LogP contribution in [-0.2, 0) is 16.6 Å². The van der Waals surface area contributed by atoms with Gasteiger partial charge < -0.3 is 4.74 Å². The number of para-hydroxylation sites is 1. The van der Waals surface area contributed by atoms with Crippen LogP contribution in [0.4, 0.5) is 11.4 Å². The monoisotopic (exact) mass is 433 g/mol. The van der Waals surface area contributed by atoms with Gasteiger partial charge in [0, 0.05) is 24.7 Å². The molecule has 0 unspecified atom stereocenters. The molecular formula is C21H27N3O5S. The highest BCUT2D eigenvalue weighted by molar-refractivity contribution is 7.92. The van der Waals surface area contributed by atoms with Crippen LogP contribution in [0.5, 0.6) is 5.75 Å². The van der Waals surface area contributed by atoms with Crippen LogP contribution < -0.4 is 9.46 Å². The van der Waals surface area contributed by atoms with Crippen molar-refractivity contribution in [1.82, 2.24) is 4.90 Å². The number of hydrogen-bond acceptors (Lipinski definition) is 6. The Bertz CT molecular complexity index is 1000. The summed E-state index contributed by atoms with van der Waals surface area (Å²) in [7, 11) is -0.706. The average molecular weight is 434 g/mol. The number of hydrogen-bond donors (Lipinski definition) is 1. The van der Waals surface area contributed by atoms with Crippen molar-refractivity contribution in [3.8, 4) is 5.75 Å². The van der Waals surface area contributed by atoms with Crippen molar-refractivity contribution in [3.05, 3.63) is 58.1 Å². The second kappa shape index (κ2) is 9.44. The Morgan fingerprint density at radius 1 is 1.17 bits per heavy atom. The van der Waals surface area contributed by atoms with Gasteiger partial charge >= 0.3 is 0 Å². The van der Waals surface area contributed by atoms with Crippen molar-refractivity contribution in [1.29, 1.82) is 0 Å². The molecule has 162 valence electrons. The van der Waals surface area contributed by atoms with Gasteiger partial charge in [0.2, 0.25) is 0 Å². The molecule has 0 radical (unpaired) electrons. The third kappa shape index (κ3) is 5.09. The van der Waals surface area contributed by atoms with Gasteiger partial charge in [-0.25, -0.2) is 8.42 Å². The van der Waals surface area contributed by atoms with E-state index in [1.165, 1.54) is 38.5 Å². The average Bonchev–Trinajstić information content (AvgIpc) is 2.75. The summed E-state index contributed by atoms with van der Waals surface area (Å²) in [6.45, 7) is 0.607. The van der Waals surface area contributed by atoms with Crippen LogP contribution in [0.1, 0.15) is 37.7 Å². The summed E-state index contributed by atoms with van der Waals surface area (Å²) in [4.78, 5) is 12.5. The minimum absolute atomic E-state index is 0.0462. The molecule has 30 heavy (non-hydrogen) atoms. The second-order valence-electron chi connectivity index (χ2n) is 7.56. The maximum atomic E-state index is 13.1. The van der Waals surface area contributed by atoms with Crippen molar-refractivity contribution in [3.63, 3.8) is 0 Å². The largest absolute Gasteiger partial charge is 0.495 e. The van der Waals surface area contributed by atoms with E-state index in [1.54, 1.807) is 12.1 Å². The molecule has 0 spiro atoms. The minimum atomic E-state index is -4.09. The van der Waals surface area contributed by atoms with Crippen LogP contribution in [0.3, 0.4) is 0 Å². The Balaban J connectivity index is 1.87. The van der Waals surface area contributed by atoms with Crippen molar-refractivity contribution in [2.45, 2.75) is 49.6 Å². The zero-order chi connectivity index (χ0) is 21.7. The molecular weight excluding hydrogens is 406 g/mol. The molecule has 1 fully saturated rings. The molecule has 2 aromatic rings. The van der Waals surface area contributed by atoms with Gasteiger partial charge in [-0.3, -0.25) is 19.7 Å². The van der Waals surface area contributed by atoms with Crippen LogP contribution >= 0.6 is 0 Å². The fourth-order valence-electron chi connectivity index (χ4n) is 3.87. The SMILES string of the molecule is COc1ccc([N+](=O)[O-])cc1S(=O)(=O)Nc1ccccc1CN(C)C1CCCCC1. The van der Waals surface area contributed by atoms with Crippen LogP contribution in [0.15, 0.2) is 47.4 Å². The van der Waals surface area contributed by atoms with E-state index < -0.39 is 14.9 Å². The van der Waals surface area contributed by atoms with Gasteiger partial charge in [0.15, 0.2) is 0 Å². The molecule has 0 bridgehead atoms. The minimum Gasteiger partial charge on any atom is -0.495 e. The summed E-state index contributed by atoms with van der Waals surface area (Å²) in [6, 6.07) is 11.2. The van der Waals surface area contributed by atoms with E-state index in [4.69, 9.17) is 4.74 Å². The predicted octanol–water partition coefficient (Wildman–Crippen LogP) is 4.17. The molecule has 0 atom stereocenters. The van der Waals surface area contributed by atoms with Crippen LogP contribution in [0, 0.1) is 10.1 Å². The zero-order valence-electron chi connectivity index (χ0n) is 17.2. The van der Waals surface area contributed by atoms with Crippen molar-refractivity contribution in [2.75, 3.05) is 18.9 Å². The molecule has 1 aliphatic rings. The number of nitrogens with one attached hydrogen (secondary N) is 1. The van der Waals surface area contributed by atoms with Gasteiger partial charge in [-0.05, 0) is 37.6 Å². The lowest BCUT2D eigenvalue weighted by Gasteiger charge is -2.31. The molecule has 8 nitrogen and oxygen atoms in total. The Morgan fingerprint density at radius 2 is 1.87 bits per heavy atom. The standard InChI is InChI=1S/C21H27N3O5S/c1-23(17-9-4-3-5-10-17)15-16-8-6-7-11-19(16)22-30(27,28)21-14-18(24(25)26)12-13-20(21)29-2/h6-8,11-14,17,22H,3-5,9-10,15H2,1-2H3. The highest BCUT2D eigenvalue weighted by Gasteiger charge is 2.25. The Kier molecular flexibility index (Phi) is 6.94. The Hall–Kier alpha value is -2.65. The summed E-state index contributed by atoms with van der Waals surface area (Å²) in [5.74, 6) is 0.0462. The first-order valence-corrected chi connectivity index (χ1v) is 11.4. The first-order valence-electron chi connectivity index (χ1n) is 9.95. The van der Waals surface area contributed by atoms with Gasteiger partial charge in [0.1, 0.15) is 10.6 Å². The number of benzene rings is 2. The van der Waals surface area contributed by atoms with E-state index in [1.807, 2.05) is 12.1 Å². The lowest BCUT2D eigenvalue weighted by atomic mass is 9.94. The third-order valence-corrected chi connectivity index (χ3v) is 6.91. The molecule has 1 saturated carbocycles. The lowest BCUT2D eigenvalue weighted by Crippen LogP contribution is -2.33. The number of non-ortho nitro benzene ring substituents is 1. The number of anilines is 1. The fraction of sp³-hybridized carbons (Fsp3) is 0.429. The van der Waals surface area contributed by atoms with Crippen molar-refractivity contribution < 1.29 is 18.1 Å². The van der Waals surface area contributed by atoms with Crippen molar-refractivity contribution >= 4 is 21.4 Å². The zero-order valence-corrected chi connectivity index (χ0v) is 18.0. The summed E-state index contributed by atoms with van der Waals surface area (Å²) >= 11 is 0. The third-order valence-electron chi connectivity index (χ3n) is 5.53. The molecule has 1 N–H and O–H groups in total. The molecule has 0 amide bonds. The first-order chi connectivity index (χ1) is 14.3. The summed E-state index contributed by atoms with van der Waals surface area (Å²) in [5.41, 5.74) is 0.980. The summed E-state index contributed by atoms with van der Waals surface area (Å²) in [6.07, 6.45) is 6.00. The van der Waals surface area contributed by atoms with E-state index in [0.29, 0.717) is 18.3 Å². The number of nitrogens with zero attached hydrogens (tertiary/aromatic N) is 2. The molecule has 0 saturated heterocycles. The number of ether oxygens (including phenoxy) is 1. The molecule has 0 heterocycles. The van der Waals surface area contributed by atoms with E-state index in [2.05, 4.69) is 16.7 Å².